The van der Waals surface area contributed by atoms with Crippen LogP contribution in [0.15, 0.2) is 39.8 Å². The zero-order valence-electron chi connectivity index (χ0n) is 18.7. The minimum atomic E-state index is -3.66. The molecule has 31 heavy (non-hydrogen) atoms. The maximum atomic E-state index is 13.0. The smallest absolute Gasteiger partial charge is 0.248 e. The van der Waals surface area contributed by atoms with Gasteiger partial charge in [0.2, 0.25) is 15.9 Å². The molecule has 0 spiro atoms. The van der Waals surface area contributed by atoms with Crippen molar-refractivity contribution in [1.82, 2.24) is 19.7 Å². The molecule has 1 fully saturated rings. The normalized spacial score (nSPS) is 17.9. The summed E-state index contributed by atoms with van der Waals surface area (Å²) in [7, 11) is -3.66. The molecule has 170 valence electrons. The molecule has 0 aliphatic carbocycles. The number of nitrogens with zero attached hydrogens (tertiary/aromatic N) is 3. The Balaban J connectivity index is 1.62. The molecule has 2 heterocycles. The summed E-state index contributed by atoms with van der Waals surface area (Å²) >= 11 is 0. The lowest BCUT2D eigenvalue weighted by atomic mass is 10.0. The number of carbonyl (C=O) groups excluding carboxylic acids is 1. The quantitative estimate of drug-likeness (QED) is 0.667. The van der Waals surface area contributed by atoms with Gasteiger partial charge in [0.05, 0.1) is 12.1 Å². The third-order valence-corrected chi connectivity index (χ3v) is 8.01. The van der Waals surface area contributed by atoms with E-state index >= 15 is 0 Å². The first-order chi connectivity index (χ1) is 14.8. The molecule has 0 radical (unpaired) electrons. The van der Waals surface area contributed by atoms with E-state index in [-0.39, 0.29) is 22.9 Å². The van der Waals surface area contributed by atoms with E-state index in [4.69, 9.17) is 4.52 Å². The van der Waals surface area contributed by atoms with Gasteiger partial charge in [0.15, 0.2) is 5.76 Å². The van der Waals surface area contributed by atoms with Crippen molar-refractivity contribution in [2.24, 2.45) is 0 Å². The van der Waals surface area contributed by atoms with E-state index in [2.05, 4.69) is 17.4 Å². The van der Waals surface area contributed by atoms with Gasteiger partial charge in [-0.1, -0.05) is 48.8 Å². The molecular formula is C22H32N4O4S. The molecule has 1 amide bonds. The maximum Gasteiger partial charge on any atom is 0.248 e. The molecule has 2 atom stereocenters. The number of hydrogen-bond acceptors (Lipinski definition) is 6. The van der Waals surface area contributed by atoms with Gasteiger partial charge in [-0.15, -0.1) is 0 Å². The number of piperazine rings is 1. The molecule has 0 saturated carbocycles. The molecule has 1 saturated heterocycles. The number of sulfonamides is 1. The number of carbonyl (C=O) groups is 1. The number of amides is 1. The van der Waals surface area contributed by atoms with Gasteiger partial charge in [-0.05, 0) is 32.8 Å². The highest BCUT2D eigenvalue weighted by molar-refractivity contribution is 7.89. The lowest BCUT2D eigenvalue weighted by Crippen LogP contribution is -2.55. The Hall–Kier alpha value is -2.23. The van der Waals surface area contributed by atoms with Crippen LogP contribution in [0.3, 0.4) is 0 Å². The van der Waals surface area contributed by atoms with Crippen LogP contribution in [0.2, 0.25) is 0 Å². The fourth-order valence-corrected chi connectivity index (χ4v) is 5.77. The van der Waals surface area contributed by atoms with Gasteiger partial charge in [-0.2, -0.15) is 4.31 Å². The highest BCUT2D eigenvalue weighted by atomic mass is 32.2. The van der Waals surface area contributed by atoms with Crippen LogP contribution in [0.5, 0.6) is 0 Å². The minimum absolute atomic E-state index is 0.0256. The number of aromatic nitrogens is 1. The van der Waals surface area contributed by atoms with E-state index in [0.717, 1.165) is 18.4 Å². The van der Waals surface area contributed by atoms with Gasteiger partial charge in [-0.3, -0.25) is 9.69 Å². The maximum absolute atomic E-state index is 13.0. The van der Waals surface area contributed by atoms with Crippen molar-refractivity contribution < 1.29 is 17.7 Å². The third-order valence-electron chi connectivity index (χ3n) is 5.86. The van der Waals surface area contributed by atoms with E-state index in [1.54, 1.807) is 13.8 Å². The molecule has 2 unspecified atom stereocenters. The Bertz CT molecular complexity index is 963. The Kier molecular flexibility index (Phi) is 7.51. The van der Waals surface area contributed by atoms with Crippen molar-refractivity contribution in [1.29, 1.82) is 0 Å². The number of benzene rings is 1. The molecule has 2 aromatic rings. The van der Waals surface area contributed by atoms with Crippen LogP contribution in [0, 0.1) is 13.8 Å². The Morgan fingerprint density at radius 3 is 2.35 bits per heavy atom. The van der Waals surface area contributed by atoms with Crippen molar-refractivity contribution in [3.8, 4) is 0 Å². The molecular weight excluding hydrogens is 416 g/mol. The molecule has 0 bridgehead atoms. The molecule has 8 nitrogen and oxygen atoms in total. The largest absolute Gasteiger partial charge is 0.360 e. The SMILES string of the molecule is CCCC(NC(=O)C(C)N1CCN(S(=O)(=O)c2c(C)noc2C)CC1)c1ccccc1. The van der Waals surface area contributed by atoms with E-state index in [9.17, 15) is 13.2 Å². The summed E-state index contributed by atoms with van der Waals surface area (Å²) in [5.74, 6) is 0.264. The minimum Gasteiger partial charge on any atom is -0.360 e. The summed E-state index contributed by atoms with van der Waals surface area (Å²) in [4.78, 5) is 15.1. The fourth-order valence-electron chi connectivity index (χ4n) is 4.06. The van der Waals surface area contributed by atoms with Crippen LogP contribution in [0.4, 0.5) is 0 Å². The van der Waals surface area contributed by atoms with Crippen molar-refractivity contribution in [2.45, 2.75) is 57.5 Å². The molecule has 1 N–H and O–H groups in total. The van der Waals surface area contributed by atoms with Gasteiger partial charge in [0, 0.05) is 26.2 Å². The second kappa shape index (κ2) is 9.93. The lowest BCUT2D eigenvalue weighted by molar-refractivity contribution is -0.127. The summed E-state index contributed by atoms with van der Waals surface area (Å²) in [6, 6.07) is 9.62. The van der Waals surface area contributed by atoms with Gasteiger partial charge in [-0.25, -0.2) is 8.42 Å². The number of rotatable bonds is 8. The summed E-state index contributed by atoms with van der Waals surface area (Å²) < 4.78 is 32.5. The second-order valence-electron chi connectivity index (χ2n) is 8.03. The Labute approximate surface area is 184 Å². The number of hydrogen-bond donors (Lipinski definition) is 1. The van der Waals surface area contributed by atoms with Crippen molar-refractivity contribution in [3.63, 3.8) is 0 Å². The molecule has 1 aliphatic heterocycles. The molecule has 3 rings (SSSR count). The first-order valence-corrected chi connectivity index (χ1v) is 12.2. The predicted molar refractivity (Wildman–Crippen MR) is 118 cm³/mol. The average molecular weight is 449 g/mol. The van der Waals surface area contributed by atoms with Crippen molar-refractivity contribution in [3.05, 3.63) is 47.3 Å². The van der Waals surface area contributed by atoms with Crippen LogP contribution < -0.4 is 5.32 Å². The third kappa shape index (κ3) is 5.16. The molecule has 1 aromatic carbocycles. The van der Waals surface area contributed by atoms with Crippen LogP contribution in [-0.2, 0) is 14.8 Å². The highest BCUT2D eigenvalue weighted by Crippen LogP contribution is 2.25. The van der Waals surface area contributed by atoms with Crippen molar-refractivity contribution in [2.75, 3.05) is 26.2 Å². The second-order valence-corrected chi connectivity index (χ2v) is 9.90. The lowest BCUT2D eigenvalue weighted by Gasteiger charge is -2.37. The fraction of sp³-hybridized carbons (Fsp3) is 0.545. The first kappa shape index (κ1) is 23.4. The zero-order chi connectivity index (χ0) is 22.6. The summed E-state index contributed by atoms with van der Waals surface area (Å²) in [5, 5.41) is 6.94. The number of aryl methyl sites for hydroxylation is 2. The summed E-state index contributed by atoms with van der Waals surface area (Å²) in [5.41, 5.74) is 1.47. The predicted octanol–water partition coefficient (Wildman–Crippen LogP) is 2.64. The van der Waals surface area contributed by atoms with E-state index in [0.29, 0.717) is 37.6 Å². The van der Waals surface area contributed by atoms with Gasteiger partial charge in [0.25, 0.3) is 0 Å². The highest BCUT2D eigenvalue weighted by Gasteiger charge is 2.35. The Morgan fingerprint density at radius 1 is 1.16 bits per heavy atom. The first-order valence-electron chi connectivity index (χ1n) is 10.8. The molecule has 9 heteroatoms. The topological polar surface area (TPSA) is 95.8 Å². The summed E-state index contributed by atoms with van der Waals surface area (Å²) in [6.07, 6.45) is 1.83. The summed E-state index contributed by atoms with van der Waals surface area (Å²) in [6.45, 7) is 8.83. The number of nitrogens with one attached hydrogen (secondary N) is 1. The monoisotopic (exact) mass is 448 g/mol. The van der Waals surface area contributed by atoms with Gasteiger partial charge in [0.1, 0.15) is 10.6 Å². The van der Waals surface area contributed by atoms with Crippen LogP contribution in [0.25, 0.3) is 0 Å². The van der Waals surface area contributed by atoms with E-state index in [1.165, 1.54) is 4.31 Å². The molecule has 1 aliphatic rings. The average Bonchev–Trinajstić information content (AvgIpc) is 3.12. The molecule has 1 aromatic heterocycles. The van der Waals surface area contributed by atoms with Gasteiger partial charge >= 0.3 is 0 Å². The van der Waals surface area contributed by atoms with E-state index < -0.39 is 10.0 Å². The van der Waals surface area contributed by atoms with Crippen LogP contribution in [0.1, 0.15) is 49.7 Å². The Morgan fingerprint density at radius 2 is 1.81 bits per heavy atom. The van der Waals surface area contributed by atoms with Crippen LogP contribution in [-0.4, -0.2) is 60.9 Å². The van der Waals surface area contributed by atoms with Crippen LogP contribution >= 0.6 is 0 Å². The zero-order valence-corrected chi connectivity index (χ0v) is 19.5. The van der Waals surface area contributed by atoms with Gasteiger partial charge < -0.3 is 9.84 Å². The standard InChI is InChI=1S/C22H32N4O4S/c1-5-9-20(19-10-7-6-8-11-19)23-22(27)17(3)25-12-14-26(15-13-25)31(28,29)21-16(2)24-30-18(21)4/h6-8,10-11,17,20H,5,9,12-15H2,1-4H3,(H,23,27). The van der Waals surface area contributed by atoms with E-state index in [1.807, 2.05) is 42.2 Å². The van der Waals surface area contributed by atoms with Crippen molar-refractivity contribution >= 4 is 15.9 Å².